The first-order chi connectivity index (χ1) is 8.16. The lowest BCUT2D eigenvalue weighted by Gasteiger charge is -1.86. The van der Waals surface area contributed by atoms with E-state index < -0.39 is 0 Å². The fourth-order valence-electron chi connectivity index (χ4n) is 1.62. The van der Waals surface area contributed by atoms with Gasteiger partial charge in [-0.3, -0.25) is 0 Å². The van der Waals surface area contributed by atoms with E-state index in [0.29, 0.717) is 0 Å². The third-order valence-electron chi connectivity index (χ3n) is 2.50. The van der Waals surface area contributed by atoms with E-state index in [1.54, 1.807) is 11.3 Å². The summed E-state index contributed by atoms with van der Waals surface area (Å²) in [7, 11) is 0. The Kier molecular flexibility index (Phi) is 3.87. The molecular formula is C14H14ClNS. The van der Waals surface area contributed by atoms with Crippen molar-refractivity contribution in [3.8, 4) is 0 Å². The summed E-state index contributed by atoms with van der Waals surface area (Å²) in [6, 6.07) is 12.2. The van der Waals surface area contributed by atoms with Gasteiger partial charge in [0.15, 0.2) is 0 Å². The molecule has 0 spiro atoms. The van der Waals surface area contributed by atoms with Crippen LogP contribution in [0.2, 0.25) is 4.34 Å². The second-order valence-corrected chi connectivity index (χ2v) is 5.79. The van der Waals surface area contributed by atoms with Crippen LogP contribution in [0.3, 0.4) is 0 Å². The van der Waals surface area contributed by atoms with Crippen molar-refractivity contribution in [3.05, 3.63) is 57.4 Å². The highest BCUT2D eigenvalue weighted by molar-refractivity contribution is 7.16. The maximum Gasteiger partial charge on any atom is 0.0931 e. The van der Waals surface area contributed by atoms with Gasteiger partial charge >= 0.3 is 0 Å². The quantitative estimate of drug-likeness (QED) is 0.575. The smallest absolute Gasteiger partial charge is 0.0931 e. The fourth-order valence-corrected chi connectivity index (χ4v) is 2.63. The Morgan fingerprint density at radius 3 is 2.35 bits per heavy atom. The van der Waals surface area contributed by atoms with Crippen LogP contribution in [0, 0.1) is 13.8 Å². The van der Waals surface area contributed by atoms with Crippen molar-refractivity contribution >= 4 is 33.8 Å². The monoisotopic (exact) mass is 263 g/mol. The second-order valence-electron chi connectivity index (χ2n) is 3.87. The van der Waals surface area contributed by atoms with Crippen LogP contribution >= 0.6 is 22.9 Å². The zero-order valence-corrected chi connectivity index (χ0v) is 11.4. The molecule has 0 aliphatic rings. The average Bonchev–Trinajstić information content (AvgIpc) is 2.88. The minimum Gasteiger partial charge on any atom is -0.361 e. The third-order valence-corrected chi connectivity index (χ3v) is 3.65. The molecule has 1 nitrogen and oxygen atoms in total. The predicted octanol–water partition coefficient (Wildman–Crippen LogP) is 5.19. The van der Waals surface area contributed by atoms with Crippen molar-refractivity contribution in [2.45, 2.75) is 13.8 Å². The van der Waals surface area contributed by atoms with Crippen LogP contribution in [0.25, 0.3) is 10.9 Å². The molecule has 0 aliphatic carbocycles. The lowest BCUT2D eigenvalue weighted by atomic mass is 10.2. The number of H-pyrrole nitrogens is 1. The minimum absolute atomic E-state index is 0.873. The molecule has 3 aromatic rings. The normalized spacial score (nSPS) is 10.1. The zero-order chi connectivity index (χ0) is 12.3. The molecular weight excluding hydrogens is 250 g/mol. The molecule has 1 aromatic carbocycles. The van der Waals surface area contributed by atoms with Gasteiger partial charge in [-0.2, -0.15) is 0 Å². The first-order valence-corrected chi connectivity index (χ1v) is 6.61. The third kappa shape index (κ3) is 3.11. The molecule has 0 amide bonds. The van der Waals surface area contributed by atoms with Gasteiger partial charge in [0.1, 0.15) is 0 Å². The van der Waals surface area contributed by atoms with Gasteiger partial charge in [-0.15, -0.1) is 11.3 Å². The summed E-state index contributed by atoms with van der Waals surface area (Å²) in [5, 5.41) is 1.32. The Bertz CT molecular complexity index is 593. The molecule has 0 saturated carbocycles. The summed E-state index contributed by atoms with van der Waals surface area (Å²) in [5.41, 5.74) is 2.54. The largest absolute Gasteiger partial charge is 0.361 e. The predicted molar refractivity (Wildman–Crippen MR) is 77.1 cm³/mol. The van der Waals surface area contributed by atoms with Gasteiger partial charge in [-0.05, 0) is 37.6 Å². The molecule has 0 aliphatic heterocycles. The molecule has 0 unspecified atom stereocenters. The summed E-state index contributed by atoms with van der Waals surface area (Å²) >= 11 is 7.19. The van der Waals surface area contributed by atoms with Crippen molar-refractivity contribution in [1.29, 1.82) is 0 Å². The van der Waals surface area contributed by atoms with E-state index >= 15 is 0 Å². The van der Waals surface area contributed by atoms with E-state index in [4.69, 9.17) is 11.6 Å². The molecule has 0 saturated heterocycles. The SMILES string of the molecule is Cc1c[nH]c2ccccc12.Cc1ccc(Cl)s1. The highest BCUT2D eigenvalue weighted by atomic mass is 35.5. The van der Waals surface area contributed by atoms with Gasteiger partial charge in [0.05, 0.1) is 4.34 Å². The lowest BCUT2D eigenvalue weighted by molar-refractivity contribution is 1.43. The van der Waals surface area contributed by atoms with Crippen LogP contribution in [0.5, 0.6) is 0 Å². The molecule has 2 heterocycles. The van der Waals surface area contributed by atoms with Crippen LogP contribution in [0.15, 0.2) is 42.6 Å². The molecule has 0 fully saturated rings. The molecule has 2 aromatic heterocycles. The van der Waals surface area contributed by atoms with Crippen molar-refractivity contribution in [2.75, 3.05) is 0 Å². The maximum atomic E-state index is 5.58. The Hall–Kier alpha value is -1.25. The van der Waals surface area contributed by atoms with Crippen molar-refractivity contribution in [2.24, 2.45) is 0 Å². The number of thiophene rings is 1. The fraction of sp³-hybridized carbons (Fsp3) is 0.143. The molecule has 3 rings (SSSR count). The number of benzene rings is 1. The van der Waals surface area contributed by atoms with Crippen LogP contribution in [0.1, 0.15) is 10.4 Å². The number of nitrogens with one attached hydrogen (secondary N) is 1. The van der Waals surface area contributed by atoms with E-state index in [9.17, 15) is 0 Å². The number of para-hydroxylation sites is 1. The number of aryl methyl sites for hydroxylation is 2. The first kappa shape index (κ1) is 12.2. The van der Waals surface area contributed by atoms with E-state index in [-0.39, 0.29) is 0 Å². The standard InChI is InChI=1S/C9H9N.C5H5ClS/c1-7-6-10-9-5-3-2-4-8(7)9;1-4-2-3-5(6)7-4/h2-6,10H,1H3;2-3H,1H3. The van der Waals surface area contributed by atoms with Gasteiger partial charge in [0, 0.05) is 22.0 Å². The van der Waals surface area contributed by atoms with Crippen LogP contribution in [-0.2, 0) is 0 Å². The Balaban J connectivity index is 0.000000136. The molecule has 0 atom stereocenters. The van der Waals surface area contributed by atoms with E-state index in [0.717, 1.165) is 4.34 Å². The molecule has 88 valence electrons. The maximum absolute atomic E-state index is 5.58. The number of aromatic amines is 1. The minimum atomic E-state index is 0.873. The second kappa shape index (κ2) is 5.39. The lowest BCUT2D eigenvalue weighted by Crippen LogP contribution is -1.64. The zero-order valence-electron chi connectivity index (χ0n) is 9.83. The van der Waals surface area contributed by atoms with Gasteiger partial charge < -0.3 is 4.98 Å². The van der Waals surface area contributed by atoms with Gasteiger partial charge in [-0.25, -0.2) is 0 Å². The van der Waals surface area contributed by atoms with Crippen LogP contribution in [-0.4, -0.2) is 4.98 Å². The first-order valence-electron chi connectivity index (χ1n) is 5.41. The number of hydrogen-bond donors (Lipinski definition) is 1. The highest BCUT2D eigenvalue weighted by Gasteiger charge is 1.94. The number of hydrogen-bond acceptors (Lipinski definition) is 1. The van der Waals surface area contributed by atoms with E-state index in [1.165, 1.54) is 21.3 Å². The molecule has 0 radical (unpaired) electrons. The topological polar surface area (TPSA) is 15.8 Å². The summed E-state index contributed by atoms with van der Waals surface area (Å²) in [6.07, 6.45) is 2.03. The van der Waals surface area contributed by atoms with Gasteiger partial charge in [0.25, 0.3) is 0 Å². The van der Waals surface area contributed by atoms with Crippen molar-refractivity contribution in [1.82, 2.24) is 4.98 Å². The van der Waals surface area contributed by atoms with Crippen molar-refractivity contribution < 1.29 is 0 Å². The molecule has 17 heavy (non-hydrogen) atoms. The number of fused-ring (bicyclic) bond motifs is 1. The Morgan fingerprint density at radius 1 is 1.06 bits per heavy atom. The Labute approximate surface area is 110 Å². The highest BCUT2D eigenvalue weighted by Crippen LogP contribution is 2.19. The molecule has 3 heteroatoms. The van der Waals surface area contributed by atoms with Gasteiger partial charge in [-0.1, -0.05) is 29.8 Å². The van der Waals surface area contributed by atoms with Crippen LogP contribution < -0.4 is 0 Å². The summed E-state index contributed by atoms with van der Waals surface area (Å²) in [4.78, 5) is 4.46. The Morgan fingerprint density at radius 2 is 1.82 bits per heavy atom. The summed E-state index contributed by atoms with van der Waals surface area (Å²) in [5.74, 6) is 0. The van der Waals surface area contributed by atoms with Crippen molar-refractivity contribution in [3.63, 3.8) is 0 Å². The number of aromatic nitrogens is 1. The van der Waals surface area contributed by atoms with E-state index in [1.807, 2.05) is 31.3 Å². The molecule has 0 bridgehead atoms. The average molecular weight is 264 g/mol. The van der Waals surface area contributed by atoms with E-state index in [2.05, 4.69) is 30.1 Å². The van der Waals surface area contributed by atoms with Crippen LogP contribution in [0.4, 0.5) is 0 Å². The number of halogens is 1. The summed E-state index contributed by atoms with van der Waals surface area (Å²) < 4.78 is 0.873. The number of rotatable bonds is 0. The van der Waals surface area contributed by atoms with Gasteiger partial charge in [0.2, 0.25) is 0 Å². The molecule has 1 N–H and O–H groups in total. The summed E-state index contributed by atoms with van der Waals surface area (Å²) in [6.45, 7) is 4.15.